The Hall–Kier alpha value is -1.72. The summed E-state index contributed by atoms with van der Waals surface area (Å²) in [7, 11) is -3.25. The normalized spacial score (nSPS) is 12.7. The topological polar surface area (TPSA) is 58.2 Å². The molecule has 6 heteroatoms. The average molecular weight is 325 g/mol. The van der Waals surface area contributed by atoms with Crippen LogP contribution in [0.2, 0.25) is 5.02 Å². The fourth-order valence-electron chi connectivity index (χ4n) is 2.00. The van der Waals surface area contributed by atoms with Gasteiger partial charge in [-0.15, -0.1) is 0 Å². The van der Waals surface area contributed by atoms with Crippen LogP contribution in [0.1, 0.15) is 18.5 Å². The van der Waals surface area contributed by atoms with Gasteiger partial charge in [0, 0.05) is 22.4 Å². The fraction of sp³-hybridized carbons (Fsp3) is 0.200. The van der Waals surface area contributed by atoms with Gasteiger partial charge in [0.15, 0.2) is 0 Å². The molecule has 2 aromatic carbocycles. The summed E-state index contributed by atoms with van der Waals surface area (Å²) in [5.41, 5.74) is 2.44. The number of hydrogen-bond acceptors (Lipinski definition) is 3. The van der Waals surface area contributed by atoms with Gasteiger partial charge < -0.3 is 5.32 Å². The van der Waals surface area contributed by atoms with E-state index in [0.29, 0.717) is 10.7 Å². The fourth-order valence-corrected chi connectivity index (χ4v) is 2.87. The first kappa shape index (κ1) is 15.7. The number of hydrogen-bond donors (Lipinski definition) is 2. The van der Waals surface area contributed by atoms with Gasteiger partial charge >= 0.3 is 0 Å². The summed E-state index contributed by atoms with van der Waals surface area (Å²) in [6.07, 6.45) is 1.12. The van der Waals surface area contributed by atoms with Crippen LogP contribution < -0.4 is 10.0 Å². The lowest BCUT2D eigenvalue weighted by atomic mass is 10.1. The first-order valence-corrected chi connectivity index (χ1v) is 8.71. The minimum Gasteiger partial charge on any atom is -0.378 e. The molecule has 0 aliphatic carbocycles. The first-order valence-electron chi connectivity index (χ1n) is 6.44. The summed E-state index contributed by atoms with van der Waals surface area (Å²) in [5, 5.41) is 4.04. The quantitative estimate of drug-likeness (QED) is 0.877. The molecular weight excluding hydrogens is 308 g/mol. The predicted molar refractivity (Wildman–Crippen MR) is 88.4 cm³/mol. The molecule has 0 aliphatic rings. The third kappa shape index (κ3) is 4.65. The molecule has 0 fully saturated rings. The van der Waals surface area contributed by atoms with Crippen LogP contribution in [0, 0.1) is 0 Å². The molecule has 0 heterocycles. The van der Waals surface area contributed by atoms with Crippen LogP contribution in [-0.2, 0) is 10.0 Å². The zero-order chi connectivity index (χ0) is 15.5. The molecule has 112 valence electrons. The monoisotopic (exact) mass is 324 g/mol. The van der Waals surface area contributed by atoms with Crippen molar-refractivity contribution < 1.29 is 8.42 Å². The molecule has 2 N–H and O–H groups in total. The maximum Gasteiger partial charge on any atom is 0.229 e. The lowest BCUT2D eigenvalue weighted by molar-refractivity contribution is 0.607. The van der Waals surface area contributed by atoms with Gasteiger partial charge in [0.05, 0.1) is 6.26 Å². The molecule has 2 rings (SSSR count). The van der Waals surface area contributed by atoms with Gasteiger partial charge in [0.2, 0.25) is 10.0 Å². The highest BCUT2D eigenvalue weighted by Crippen LogP contribution is 2.26. The summed E-state index contributed by atoms with van der Waals surface area (Å²) < 4.78 is 24.7. The smallest absolute Gasteiger partial charge is 0.229 e. The molecule has 0 bridgehead atoms. The molecule has 0 saturated heterocycles. The standard InChI is InChI=1S/C15H17ClN2O2S/c1-11(14-5-3-4-6-15(14)16)17-12-7-9-13(10-8-12)18-21(2,19)20/h3-11,17-18H,1-2H3. The zero-order valence-electron chi connectivity index (χ0n) is 11.8. The number of nitrogens with one attached hydrogen (secondary N) is 2. The van der Waals surface area contributed by atoms with Gasteiger partial charge in [0.25, 0.3) is 0 Å². The number of benzene rings is 2. The van der Waals surface area contributed by atoms with E-state index < -0.39 is 10.0 Å². The van der Waals surface area contributed by atoms with Crippen molar-refractivity contribution in [3.63, 3.8) is 0 Å². The van der Waals surface area contributed by atoms with E-state index in [1.54, 1.807) is 12.1 Å². The van der Waals surface area contributed by atoms with Crippen LogP contribution in [0.3, 0.4) is 0 Å². The highest BCUT2D eigenvalue weighted by molar-refractivity contribution is 7.92. The van der Waals surface area contributed by atoms with Gasteiger partial charge in [-0.3, -0.25) is 4.72 Å². The summed E-state index contributed by atoms with van der Waals surface area (Å²) in [6, 6.07) is 14.8. The maximum atomic E-state index is 11.1. The Balaban J connectivity index is 2.08. The van der Waals surface area contributed by atoms with Crippen molar-refractivity contribution in [1.29, 1.82) is 0 Å². The second kappa shape index (κ2) is 6.37. The summed E-state index contributed by atoms with van der Waals surface area (Å²) in [5.74, 6) is 0. The van der Waals surface area contributed by atoms with Crippen molar-refractivity contribution in [2.75, 3.05) is 16.3 Å². The molecule has 0 spiro atoms. The molecule has 0 radical (unpaired) electrons. The van der Waals surface area contributed by atoms with E-state index in [1.165, 1.54) is 0 Å². The van der Waals surface area contributed by atoms with Crippen LogP contribution in [0.25, 0.3) is 0 Å². The second-order valence-corrected chi connectivity index (χ2v) is 6.99. The van der Waals surface area contributed by atoms with Crippen LogP contribution in [0.4, 0.5) is 11.4 Å². The molecule has 0 amide bonds. The summed E-state index contributed by atoms with van der Waals surface area (Å²) >= 11 is 6.17. The highest BCUT2D eigenvalue weighted by atomic mass is 35.5. The van der Waals surface area contributed by atoms with Crippen LogP contribution in [0.5, 0.6) is 0 Å². The zero-order valence-corrected chi connectivity index (χ0v) is 13.4. The van der Waals surface area contributed by atoms with Crippen LogP contribution >= 0.6 is 11.6 Å². The van der Waals surface area contributed by atoms with E-state index in [0.717, 1.165) is 17.5 Å². The van der Waals surface area contributed by atoms with Crippen molar-refractivity contribution in [1.82, 2.24) is 0 Å². The minimum atomic E-state index is -3.25. The van der Waals surface area contributed by atoms with E-state index >= 15 is 0 Å². The SMILES string of the molecule is CC(Nc1ccc(NS(C)(=O)=O)cc1)c1ccccc1Cl. The molecule has 0 aromatic heterocycles. The third-order valence-electron chi connectivity index (χ3n) is 2.94. The Morgan fingerprint density at radius 1 is 1.00 bits per heavy atom. The van der Waals surface area contributed by atoms with Gasteiger partial charge in [-0.05, 0) is 42.8 Å². The molecule has 4 nitrogen and oxygen atoms in total. The van der Waals surface area contributed by atoms with Crippen LogP contribution in [0.15, 0.2) is 48.5 Å². The maximum absolute atomic E-state index is 11.1. The second-order valence-electron chi connectivity index (χ2n) is 4.84. The molecule has 2 aromatic rings. The van der Waals surface area contributed by atoms with Crippen LogP contribution in [-0.4, -0.2) is 14.7 Å². The summed E-state index contributed by atoms with van der Waals surface area (Å²) in [4.78, 5) is 0. The van der Waals surface area contributed by atoms with E-state index in [2.05, 4.69) is 10.0 Å². The number of anilines is 2. The number of halogens is 1. The number of rotatable bonds is 5. The highest BCUT2D eigenvalue weighted by Gasteiger charge is 2.09. The van der Waals surface area contributed by atoms with Gasteiger partial charge in [0.1, 0.15) is 0 Å². The van der Waals surface area contributed by atoms with Crippen molar-refractivity contribution in [2.24, 2.45) is 0 Å². The Kier molecular flexibility index (Phi) is 4.75. The van der Waals surface area contributed by atoms with Crippen molar-refractivity contribution in [3.8, 4) is 0 Å². The molecular formula is C15H17ClN2O2S. The van der Waals surface area contributed by atoms with E-state index in [9.17, 15) is 8.42 Å². The lowest BCUT2D eigenvalue weighted by Crippen LogP contribution is -2.10. The average Bonchev–Trinajstić information content (AvgIpc) is 2.40. The Morgan fingerprint density at radius 3 is 2.14 bits per heavy atom. The van der Waals surface area contributed by atoms with E-state index in [1.807, 2.05) is 43.3 Å². The van der Waals surface area contributed by atoms with E-state index in [4.69, 9.17) is 11.6 Å². The van der Waals surface area contributed by atoms with Gasteiger partial charge in [-0.25, -0.2) is 8.42 Å². The molecule has 0 saturated carbocycles. The van der Waals surface area contributed by atoms with E-state index in [-0.39, 0.29) is 6.04 Å². The van der Waals surface area contributed by atoms with Gasteiger partial charge in [-0.2, -0.15) is 0 Å². The third-order valence-corrected chi connectivity index (χ3v) is 3.89. The number of sulfonamides is 1. The van der Waals surface area contributed by atoms with Crippen molar-refractivity contribution in [3.05, 3.63) is 59.1 Å². The first-order chi connectivity index (χ1) is 9.85. The Bertz CT molecular complexity index is 715. The Morgan fingerprint density at radius 2 is 1.57 bits per heavy atom. The lowest BCUT2D eigenvalue weighted by Gasteiger charge is -2.17. The minimum absolute atomic E-state index is 0.0485. The Labute approximate surface area is 130 Å². The molecule has 1 unspecified atom stereocenters. The molecule has 1 atom stereocenters. The predicted octanol–water partition coefficient (Wildman–Crippen LogP) is 3.88. The molecule has 0 aliphatic heterocycles. The van der Waals surface area contributed by atoms with Crippen molar-refractivity contribution >= 4 is 33.0 Å². The van der Waals surface area contributed by atoms with Crippen molar-refractivity contribution in [2.45, 2.75) is 13.0 Å². The summed E-state index contributed by atoms with van der Waals surface area (Å²) in [6.45, 7) is 2.02. The largest absolute Gasteiger partial charge is 0.378 e. The van der Waals surface area contributed by atoms with Gasteiger partial charge in [-0.1, -0.05) is 29.8 Å². The molecule has 21 heavy (non-hydrogen) atoms.